The zero-order valence-corrected chi connectivity index (χ0v) is 16.3. The summed E-state index contributed by atoms with van der Waals surface area (Å²) in [6, 6.07) is 17.1. The number of aromatic nitrogens is 2. The normalized spacial score (nSPS) is 12.4. The maximum atomic E-state index is 13.2. The van der Waals surface area contributed by atoms with Gasteiger partial charge in [0.1, 0.15) is 6.54 Å². The average molecular weight is 411 g/mol. The van der Waals surface area contributed by atoms with Crippen molar-refractivity contribution in [2.75, 3.05) is 0 Å². The second kappa shape index (κ2) is 7.00. The Morgan fingerprint density at radius 2 is 1.46 bits per heavy atom. The van der Waals surface area contributed by atoms with Gasteiger partial charge in [0.25, 0.3) is 5.82 Å². The molecule has 0 saturated heterocycles. The summed E-state index contributed by atoms with van der Waals surface area (Å²) in [5.41, 5.74) is 3.12. The molecule has 0 N–H and O–H groups in total. The van der Waals surface area contributed by atoms with Gasteiger partial charge in [-0.05, 0) is 12.5 Å². The molecule has 2 aromatic carbocycles. The van der Waals surface area contributed by atoms with Crippen molar-refractivity contribution in [1.82, 2.24) is 4.57 Å². The molecule has 1 aliphatic rings. The Morgan fingerprint density at radius 3 is 2.08 bits per heavy atom. The molecule has 0 atom stereocenters. The molecule has 0 radical (unpaired) electrons. The zero-order valence-electron chi connectivity index (χ0n) is 14.7. The topological polar surface area (TPSA) is 43.0 Å². The van der Waals surface area contributed by atoms with Crippen molar-refractivity contribution < 1.29 is 31.1 Å². The number of ketones is 2. The molecule has 0 fully saturated rings. The summed E-state index contributed by atoms with van der Waals surface area (Å²) in [6.45, 7) is 5.19. The van der Waals surface area contributed by atoms with Crippen LogP contribution in [0, 0.1) is 6.92 Å². The number of hydrogen-bond donors (Lipinski definition) is 0. The van der Waals surface area contributed by atoms with Crippen LogP contribution in [-0.4, -0.2) is 16.1 Å². The van der Waals surface area contributed by atoms with E-state index in [1.54, 1.807) is 24.3 Å². The van der Waals surface area contributed by atoms with Gasteiger partial charge in [-0.1, -0.05) is 54.6 Å². The molecule has 0 amide bonds. The second-order valence-corrected chi connectivity index (χ2v) is 6.26. The van der Waals surface area contributed by atoms with Crippen LogP contribution in [0.3, 0.4) is 0 Å². The van der Waals surface area contributed by atoms with Crippen LogP contribution in [0.5, 0.6) is 0 Å². The third-order valence-electron chi connectivity index (χ3n) is 4.89. The fourth-order valence-electron chi connectivity index (χ4n) is 3.67. The van der Waals surface area contributed by atoms with Gasteiger partial charge in [0, 0.05) is 18.1 Å². The molecule has 1 aromatic heterocycles. The fourth-order valence-corrected chi connectivity index (χ4v) is 3.67. The van der Waals surface area contributed by atoms with E-state index in [1.807, 2.05) is 53.3 Å². The lowest BCUT2D eigenvalue weighted by Crippen LogP contribution is -3.00. The number of halogens is 1. The Bertz CT molecular complexity index is 1010. The highest BCUT2D eigenvalue weighted by Gasteiger charge is 2.42. The van der Waals surface area contributed by atoms with E-state index in [4.69, 9.17) is 0 Å². The summed E-state index contributed by atoms with van der Waals surface area (Å²) in [4.78, 5) is 26.2. The molecule has 4 nitrogen and oxygen atoms in total. The van der Waals surface area contributed by atoms with Crippen LogP contribution in [0.1, 0.15) is 50.4 Å². The molecule has 1 heterocycles. The van der Waals surface area contributed by atoms with E-state index in [0.717, 1.165) is 11.4 Å². The highest BCUT2D eigenvalue weighted by atomic mass is 79.9. The molecular formula is C21H19BrN2O2. The first-order valence-electron chi connectivity index (χ1n) is 8.48. The largest absolute Gasteiger partial charge is 1.00 e. The minimum absolute atomic E-state index is 0. The molecule has 0 unspecified atom stereocenters. The van der Waals surface area contributed by atoms with E-state index in [0.29, 0.717) is 35.6 Å². The van der Waals surface area contributed by atoms with Gasteiger partial charge in [-0.25, -0.2) is 9.13 Å². The molecule has 3 aromatic rings. The first-order valence-corrected chi connectivity index (χ1v) is 8.48. The van der Waals surface area contributed by atoms with Gasteiger partial charge in [0.05, 0.1) is 6.54 Å². The fraction of sp³-hybridized carbons (Fsp3) is 0.190. The number of rotatable bonds is 3. The molecular weight excluding hydrogens is 392 g/mol. The monoisotopic (exact) mass is 410 g/mol. The van der Waals surface area contributed by atoms with E-state index < -0.39 is 0 Å². The molecule has 4 rings (SSSR count). The number of imidazole rings is 1. The summed E-state index contributed by atoms with van der Waals surface area (Å²) in [5, 5.41) is 0. The summed E-state index contributed by atoms with van der Waals surface area (Å²) < 4.78 is 3.93. The Morgan fingerprint density at radius 1 is 0.885 bits per heavy atom. The zero-order chi connectivity index (χ0) is 17.6. The van der Waals surface area contributed by atoms with Crippen LogP contribution in [0.4, 0.5) is 0 Å². The number of fused-ring (bicyclic) bond motifs is 2. The minimum atomic E-state index is -0.0727. The van der Waals surface area contributed by atoms with Crippen LogP contribution < -0.4 is 21.5 Å². The molecule has 0 bridgehead atoms. The Hall–Kier alpha value is -2.53. The van der Waals surface area contributed by atoms with E-state index in [2.05, 4.69) is 0 Å². The van der Waals surface area contributed by atoms with Gasteiger partial charge in [0.15, 0.2) is 0 Å². The first-order chi connectivity index (χ1) is 12.1. The Labute approximate surface area is 162 Å². The maximum Gasteiger partial charge on any atom is 0.254 e. The van der Waals surface area contributed by atoms with Crippen LogP contribution in [0.2, 0.25) is 0 Å². The standard InChI is InChI=1S/C21H19N2O2.BrH/c1-3-22-14(2)23(13-15-9-5-4-6-10-15)19-18(22)20(24)16-11-7-8-12-17(16)21(19)25;/h4-12H,3,13H2,1-2H3;1H/q+1;/p-1. The third-order valence-corrected chi connectivity index (χ3v) is 4.89. The summed E-state index contributed by atoms with van der Waals surface area (Å²) in [7, 11) is 0. The quantitative estimate of drug-likeness (QED) is 0.443. The Kier molecular flexibility index (Phi) is 4.92. The predicted octanol–water partition coefficient (Wildman–Crippen LogP) is -0.0684. The van der Waals surface area contributed by atoms with Gasteiger partial charge in [-0.2, -0.15) is 0 Å². The number of hydrogen-bond acceptors (Lipinski definition) is 2. The van der Waals surface area contributed by atoms with Crippen molar-refractivity contribution in [3.05, 3.63) is 88.5 Å². The van der Waals surface area contributed by atoms with E-state index in [9.17, 15) is 9.59 Å². The second-order valence-electron chi connectivity index (χ2n) is 6.26. The molecule has 26 heavy (non-hydrogen) atoms. The smallest absolute Gasteiger partial charge is 0.254 e. The Balaban J connectivity index is 0.00000196. The molecule has 0 spiro atoms. The third kappa shape index (κ3) is 2.63. The van der Waals surface area contributed by atoms with Gasteiger partial charge < -0.3 is 17.0 Å². The van der Waals surface area contributed by atoms with Crippen molar-refractivity contribution in [1.29, 1.82) is 0 Å². The highest BCUT2D eigenvalue weighted by Crippen LogP contribution is 2.27. The van der Waals surface area contributed by atoms with E-state index in [1.165, 1.54) is 0 Å². The lowest BCUT2D eigenvalue weighted by Gasteiger charge is -2.12. The predicted molar refractivity (Wildman–Crippen MR) is 93.9 cm³/mol. The van der Waals surface area contributed by atoms with Crippen molar-refractivity contribution in [2.24, 2.45) is 0 Å². The van der Waals surface area contributed by atoms with Crippen LogP contribution in [-0.2, 0) is 13.1 Å². The average Bonchev–Trinajstić information content (AvgIpc) is 2.93. The van der Waals surface area contributed by atoms with E-state index in [-0.39, 0.29) is 28.5 Å². The molecule has 0 aliphatic heterocycles. The van der Waals surface area contributed by atoms with Crippen LogP contribution in [0.25, 0.3) is 0 Å². The van der Waals surface area contributed by atoms with Gasteiger partial charge in [-0.3, -0.25) is 9.59 Å². The van der Waals surface area contributed by atoms with Crippen molar-refractivity contribution >= 4 is 11.6 Å². The van der Waals surface area contributed by atoms with Crippen molar-refractivity contribution in [3.8, 4) is 0 Å². The molecule has 5 heteroatoms. The highest BCUT2D eigenvalue weighted by molar-refractivity contribution is 6.26. The van der Waals surface area contributed by atoms with Gasteiger partial charge in [-0.15, -0.1) is 0 Å². The molecule has 0 saturated carbocycles. The SMILES string of the molecule is CCn1c2c([n+](Cc3ccccc3)c1C)C(=O)c1ccccc1C2=O.[Br-]. The lowest BCUT2D eigenvalue weighted by molar-refractivity contribution is -0.695. The van der Waals surface area contributed by atoms with Crippen molar-refractivity contribution in [2.45, 2.75) is 26.9 Å². The van der Waals surface area contributed by atoms with Gasteiger partial charge >= 0.3 is 0 Å². The van der Waals surface area contributed by atoms with Crippen molar-refractivity contribution in [3.63, 3.8) is 0 Å². The number of benzene rings is 2. The van der Waals surface area contributed by atoms with Crippen LogP contribution in [0.15, 0.2) is 54.6 Å². The van der Waals surface area contributed by atoms with E-state index >= 15 is 0 Å². The van der Waals surface area contributed by atoms with Crippen LogP contribution >= 0.6 is 0 Å². The number of carbonyl (C=O) groups is 2. The van der Waals surface area contributed by atoms with Gasteiger partial charge in [0.2, 0.25) is 23.0 Å². The number of nitrogens with zero attached hydrogens (tertiary/aromatic N) is 2. The molecule has 1 aliphatic carbocycles. The number of carbonyl (C=O) groups excluding carboxylic acids is 2. The maximum absolute atomic E-state index is 13.2. The molecule has 132 valence electrons. The first kappa shape index (κ1) is 18.3. The summed E-state index contributed by atoms with van der Waals surface area (Å²) in [5.74, 6) is 0.782. The lowest BCUT2D eigenvalue weighted by atomic mass is 9.90. The minimum Gasteiger partial charge on any atom is -1.00 e. The summed E-state index contributed by atoms with van der Waals surface area (Å²) >= 11 is 0. The summed E-state index contributed by atoms with van der Waals surface area (Å²) in [6.07, 6.45) is 0.